The highest BCUT2D eigenvalue weighted by Gasteiger charge is 2.00. The van der Waals surface area contributed by atoms with Gasteiger partial charge in [0.25, 0.3) is 0 Å². The minimum absolute atomic E-state index is 0.0986. The van der Waals surface area contributed by atoms with Gasteiger partial charge in [-0.3, -0.25) is 9.59 Å². The van der Waals surface area contributed by atoms with E-state index in [2.05, 4.69) is 5.32 Å². The van der Waals surface area contributed by atoms with E-state index in [1.54, 1.807) is 6.20 Å². The maximum atomic E-state index is 11.0. The molecule has 0 aliphatic carbocycles. The van der Waals surface area contributed by atoms with E-state index >= 15 is 0 Å². The van der Waals surface area contributed by atoms with Crippen LogP contribution in [-0.4, -0.2) is 11.8 Å². The van der Waals surface area contributed by atoms with Crippen LogP contribution in [0.4, 0.5) is 0 Å². The van der Waals surface area contributed by atoms with Gasteiger partial charge in [-0.15, -0.1) is 0 Å². The molecule has 0 saturated carbocycles. The molecule has 0 bridgehead atoms. The molecule has 0 aliphatic rings. The van der Waals surface area contributed by atoms with Gasteiger partial charge < -0.3 is 11.1 Å². The summed E-state index contributed by atoms with van der Waals surface area (Å²) in [4.78, 5) is 21.3. The third kappa shape index (κ3) is 8.59. The number of carbonyl (C=O) groups excluding carboxylic acids is 2. The predicted octanol–water partition coefficient (Wildman–Crippen LogP) is 0.538. The number of primary amides is 1. The standard InChI is InChI=1S/C9H16N2O2/c1-7(2)5-6-11-9(13)4-3-8(10)12/h5-7H,3-4H2,1-2H3,(H2,10,12)(H,11,13)/b6-5+. The van der Waals surface area contributed by atoms with Crippen molar-refractivity contribution in [1.29, 1.82) is 0 Å². The fourth-order valence-electron chi connectivity index (χ4n) is 0.642. The molecule has 0 atom stereocenters. The summed E-state index contributed by atoms with van der Waals surface area (Å²) in [6.45, 7) is 4.01. The van der Waals surface area contributed by atoms with E-state index in [0.717, 1.165) is 0 Å². The van der Waals surface area contributed by atoms with Gasteiger partial charge in [-0.1, -0.05) is 19.9 Å². The minimum atomic E-state index is -0.456. The topological polar surface area (TPSA) is 72.2 Å². The summed E-state index contributed by atoms with van der Waals surface area (Å²) in [7, 11) is 0. The van der Waals surface area contributed by atoms with Gasteiger partial charge in [0.05, 0.1) is 0 Å². The van der Waals surface area contributed by atoms with Crippen LogP contribution in [0.3, 0.4) is 0 Å². The molecule has 0 aromatic heterocycles. The number of allylic oxidation sites excluding steroid dienone is 1. The predicted molar refractivity (Wildman–Crippen MR) is 50.5 cm³/mol. The number of nitrogens with two attached hydrogens (primary N) is 1. The number of hydrogen-bond donors (Lipinski definition) is 2. The maximum Gasteiger partial charge on any atom is 0.224 e. The van der Waals surface area contributed by atoms with Crippen LogP contribution in [0.5, 0.6) is 0 Å². The van der Waals surface area contributed by atoms with Crippen molar-refractivity contribution in [3.8, 4) is 0 Å². The fraction of sp³-hybridized carbons (Fsp3) is 0.556. The van der Waals surface area contributed by atoms with Crippen molar-refractivity contribution in [2.45, 2.75) is 26.7 Å². The normalized spacial score (nSPS) is 10.7. The van der Waals surface area contributed by atoms with E-state index in [0.29, 0.717) is 5.92 Å². The van der Waals surface area contributed by atoms with Crippen LogP contribution >= 0.6 is 0 Å². The lowest BCUT2D eigenvalue weighted by Crippen LogP contribution is -2.20. The van der Waals surface area contributed by atoms with Crippen LogP contribution in [-0.2, 0) is 9.59 Å². The number of amides is 2. The average molecular weight is 184 g/mol. The Hall–Kier alpha value is -1.32. The quantitative estimate of drug-likeness (QED) is 0.654. The average Bonchev–Trinajstić information content (AvgIpc) is 2.00. The van der Waals surface area contributed by atoms with E-state index in [1.807, 2.05) is 19.9 Å². The summed E-state index contributed by atoms with van der Waals surface area (Å²) in [6, 6.07) is 0. The van der Waals surface area contributed by atoms with Gasteiger partial charge in [0, 0.05) is 12.8 Å². The molecule has 3 N–H and O–H groups in total. The first-order valence-electron chi connectivity index (χ1n) is 4.26. The second-order valence-corrected chi connectivity index (χ2v) is 3.14. The molecule has 0 aromatic carbocycles. The second kappa shape index (κ2) is 6.22. The fourth-order valence-corrected chi connectivity index (χ4v) is 0.642. The Morgan fingerprint density at radius 3 is 2.46 bits per heavy atom. The van der Waals surface area contributed by atoms with E-state index in [1.165, 1.54) is 0 Å². The van der Waals surface area contributed by atoms with Crippen LogP contribution in [0.2, 0.25) is 0 Å². The van der Waals surface area contributed by atoms with E-state index in [9.17, 15) is 9.59 Å². The summed E-state index contributed by atoms with van der Waals surface area (Å²) in [5.74, 6) is -0.241. The molecule has 0 fully saturated rings. The van der Waals surface area contributed by atoms with Crippen LogP contribution in [0.1, 0.15) is 26.7 Å². The monoisotopic (exact) mass is 184 g/mol. The summed E-state index contributed by atoms with van der Waals surface area (Å²) >= 11 is 0. The Kier molecular flexibility index (Phi) is 5.59. The molecule has 4 nitrogen and oxygen atoms in total. The molecule has 13 heavy (non-hydrogen) atoms. The van der Waals surface area contributed by atoms with Crippen LogP contribution in [0.15, 0.2) is 12.3 Å². The van der Waals surface area contributed by atoms with Gasteiger partial charge in [-0.2, -0.15) is 0 Å². The lowest BCUT2D eigenvalue weighted by atomic mass is 10.2. The highest BCUT2D eigenvalue weighted by Crippen LogP contribution is 1.92. The Labute approximate surface area is 78.2 Å². The lowest BCUT2D eigenvalue weighted by molar-refractivity contribution is -0.124. The molecule has 0 aliphatic heterocycles. The van der Waals surface area contributed by atoms with E-state index < -0.39 is 5.91 Å². The molecule has 0 radical (unpaired) electrons. The minimum Gasteiger partial charge on any atom is -0.370 e. The molecule has 74 valence electrons. The zero-order valence-corrected chi connectivity index (χ0v) is 8.04. The molecule has 2 amide bonds. The SMILES string of the molecule is CC(C)/C=C/NC(=O)CCC(N)=O. The van der Waals surface area contributed by atoms with Gasteiger partial charge in [0.15, 0.2) is 0 Å². The van der Waals surface area contributed by atoms with Crippen molar-refractivity contribution in [3.63, 3.8) is 0 Å². The first-order chi connectivity index (χ1) is 6.02. The van der Waals surface area contributed by atoms with Gasteiger partial charge in [-0.05, 0) is 12.1 Å². The molecule has 0 aromatic rings. The Bertz CT molecular complexity index is 210. The summed E-state index contributed by atoms with van der Waals surface area (Å²) in [5.41, 5.74) is 4.88. The number of carbonyl (C=O) groups is 2. The van der Waals surface area contributed by atoms with Crippen molar-refractivity contribution in [3.05, 3.63) is 12.3 Å². The van der Waals surface area contributed by atoms with Crippen LogP contribution in [0.25, 0.3) is 0 Å². The molecule has 0 heterocycles. The highest BCUT2D eigenvalue weighted by atomic mass is 16.2. The molecule has 0 saturated heterocycles. The van der Waals surface area contributed by atoms with Gasteiger partial charge in [0.1, 0.15) is 0 Å². The van der Waals surface area contributed by atoms with Crippen molar-refractivity contribution in [2.24, 2.45) is 11.7 Å². The highest BCUT2D eigenvalue weighted by molar-refractivity contribution is 5.83. The third-order valence-electron chi connectivity index (χ3n) is 1.32. The molecule has 0 spiro atoms. The Morgan fingerprint density at radius 1 is 1.38 bits per heavy atom. The molecule has 0 rings (SSSR count). The van der Waals surface area contributed by atoms with Crippen LogP contribution in [0, 0.1) is 5.92 Å². The largest absolute Gasteiger partial charge is 0.370 e. The third-order valence-corrected chi connectivity index (χ3v) is 1.32. The van der Waals surface area contributed by atoms with Crippen molar-refractivity contribution in [2.75, 3.05) is 0 Å². The molecular weight excluding hydrogens is 168 g/mol. The second-order valence-electron chi connectivity index (χ2n) is 3.14. The van der Waals surface area contributed by atoms with E-state index in [-0.39, 0.29) is 18.7 Å². The maximum absolute atomic E-state index is 11.0. The molecule has 4 heteroatoms. The van der Waals surface area contributed by atoms with Crippen molar-refractivity contribution in [1.82, 2.24) is 5.32 Å². The summed E-state index contributed by atoms with van der Waals surface area (Å²) in [6.07, 6.45) is 3.70. The number of hydrogen-bond acceptors (Lipinski definition) is 2. The molecular formula is C9H16N2O2. The number of nitrogens with one attached hydrogen (secondary N) is 1. The van der Waals surface area contributed by atoms with E-state index in [4.69, 9.17) is 5.73 Å². The van der Waals surface area contributed by atoms with Crippen LogP contribution < -0.4 is 11.1 Å². The zero-order valence-electron chi connectivity index (χ0n) is 8.04. The summed E-state index contributed by atoms with van der Waals surface area (Å²) in [5, 5.41) is 2.54. The Balaban J connectivity index is 3.57. The van der Waals surface area contributed by atoms with Crippen molar-refractivity contribution < 1.29 is 9.59 Å². The lowest BCUT2D eigenvalue weighted by Gasteiger charge is -1.98. The van der Waals surface area contributed by atoms with Gasteiger partial charge in [0.2, 0.25) is 11.8 Å². The Morgan fingerprint density at radius 2 is 2.00 bits per heavy atom. The molecule has 0 unspecified atom stereocenters. The summed E-state index contributed by atoms with van der Waals surface area (Å²) < 4.78 is 0. The van der Waals surface area contributed by atoms with Crippen molar-refractivity contribution >= 4 is 11.8 Å². The van der Waals surface area contributed by atoms with Gasteiger partial charge >= 0.3 is 0 Å². The smallest absolute Gasteiger partial charge is 0.224 e. The zero-order chi connectivity index (χ0) is 10.3. The number of rotatable bonds is 5. The van der Waals surface area contributed by atoms with Gasteiger partial charge in [-0.25, -0.2) is 0 Å². The first-order valence-corrected chi connectivity index (χ1v) is 4.26. The first kappa shape index (κ1) is 11.7.